The van der Waals surface area contributed by atoms with Crippen molar-refractivity contribution in [1.29, 1.82) is 0 Å². The molecule has 1 fully saturated rings. The molecule has 1 aromatic carbocycles. The minimum absolute atomic E-state index is 0.151. The van der Waals surface area contributed by atoms with Crippen LogP contribution in [0.4, 0.5) is 5.69 Å². The summed E-state index contributed by atoms with van der Waals surface area (Å²) in [5.41, 5.74) is 0.767. The minimum atomic E-state index is -1.17. The van der Waals surface area contributed by atoms with Crippen LogP contribution in [0.15, 0.2) is 42.6 Å². The molecule has 2 amide bonds. The molecule has 0 unspecified atom stereocenters. The molecule has 2 aromatic rings. The lowest BCUT2D eigenvalue weighted by molar-refractivity contribution is -0.118. The number of carbonyl (C=O) groups excluding carboxylic acids is 2. The van der Waals surface area contributed by atoms with Crippen LogP contribution in [-0.4, -0.2) is 40.5 Å². The SMILES string of the molecule is O=C(N[C@@H]1CCN(c2ccc(Cl)cc2)C1=O)c1ccc(C(=O)O)nc1. The molecule has 2 heterocycles. The quantitative estimate of drug-likeness (QED) is 0.869. The van der Waals surface area contributed by atoms with E-state index in [9.17, 15) is 14.4 Å². The van der Waals surface area contributed by atoms with Crippen LogP contribution in [0.1, 0.15) is 27.3 Å². The fourth-order valence-electron chi connectivity index (χ4n) is 2.59. The van der Waals surface area contributed by atoms with Gasteiger partial charge in [0, 0.05) is 23.5 Å². The summed E-state index contributed by atoms with van der Waals surface area (Å²) >= 11 is 5.85. The van der Waals surface area contributed by atoms with Crippen LogP contribution < -0.4 is 10.2 Å². The molecule has 0 spiro atoms. The molecule has 0 aliphatic carbocycles. The van der Waals surface area contributed by atoms with Crippen molar-refractivity contribution >= 4 is 35.1 Å². The first kappa shape index (κ1) is 16.9. The molecule has 25 heavy (non-hydrogen) atoms. The number of carboxylic acid groups (broad SMARTS) is 1. The second-order valence-electron chi connectivity index (χ2n) is 5.52. The Balaban J connectivity index is 1.67. The summed E-state index contributed by atoms with van der Waals surface area (Å²) in [6.07, 6.45) is 1.66. The van der Waals surface area contributed by atoms with Crippen LogP contribution >= 0.6 is 11.6 Å². The average molecular weight is 360 g/mol. The molecule has 1 saturated heterocycles. The first-order valence-electron chi connectivity index (χ1n) is 7.53. The zero-order valence-electron chi connectivity index (χ0n) is 13.0. The van der Waals surface area contributed by atoms with Crippen molar-refractivity contribution in [3.05, 3.63) is 58.9 Å². The number of aromatic carboxylic acids is 1. The fraction of sp³-hybridized carbons (Fsp3) is 0.176. The molecule has 1 atom stereocenters. The van der Waals surface area contributed by atoms with Gasteiger partial charge in [0.25, 0.3) is 5.91 Å². The van der Waals surface area contributed by atoms with Crippen molar-refractivity contribution in [3.8, 4) is 0 Å². The summed E-state index contributed by atoms with van der Waals surface area (Å²) < 4.78 is 0. The Morgan fingerprint density at radius 3 is 2.52 bits per heavy atom. The van der Waals surface area contributed by atoms with Gasteiger partial charge in [0.15, 0.2) is 0 Å². The van der Waals surface area contributed by atoms with E-state index in [1.54, 1.807) is 29.2 Å². The number of amides is 2. The van der Waals surface area contributed by atoms with Crippen LogP contribution in [0.2, 0.25) is 5.02 Å². The minimum Gasteiger partial charge on any atom is -0.477 e. The fourth-order valence-corrected chi connectivity index (χ4v) is 2.71. The van der Waals surface area contributed by atoms with Crippen molar-refractivity contribution in [2.45, 2.75) is 12.5 Å². The number of benzene rings is 1. The van der Waals surface area contributed by atoms with Crippen LogP contribution in [0, 0.1) is 0 Å². The molecule has 1 aliphatic rings. The second-order valence-corrected chi connectivity index (χ2v) is 5.95. The molecule has 8 heteroatoms. The molecule has 2 N–H and O–H groups in total. The molecule has 0 radical (unpaired) electrons. The number of rotatable bonds is 4. The predicted octanol–water partition coefficient (Wildman–Crippen LogP) is 1.97. The molecular weight excluding hydrogens is 346 g/mol. The molecule has 3 rings (SSSR count). The number of carboxylic acids is 1. The van der Waals surface area contributed by atoms with E-state index in [4.69, 9.17) is 16.7 Å². The van der Waals surface area contributed by atoms with Crippen molar-refractivity contribution in [2.24, 2.45) is 0 Å². The monoisotopic (exact) mass is 359 g/mol. The Bertz CT molecular complexity index is 821. The van der Waals surface area contributed by atoms with Gasteiger partial charge in [-0.05, 0) is 42.8 Å². The van der Waals surface area contributed by atoms with Gasteiger partial charge in [0.1, 0.15) is 11.7 Å². The van der Waals surface area contributed by atoms with E-state index in [-0.39, 0.29) is 17.2 Å². The third kappa shape index (κ3) is 3.61. The van der Waals surface area contributed by atoms with Gasteiger partial charge < -0.3 is 15.3 Å². The highest BCUT2D eigenvalue weighted by atomic mass is 35.5. The van der Waals surface area contributed by atoms with Gasteiger partial charge in [-0.2, -0.15) is 0 Å². The third-order valence-electron chi connectivity index (χ3n) is 3.89. The molecule has 128 valence electrons. The van der Waals surface area contributed by atoms with Crippen molar-refractivity contribution in [2.75, 3.05) is 11.4 Å². The van der Waals surface area contributed by atoms with E-state index in [1.807, 2.05) is 0 Å². The highest BCUT2D eigenvalue weighted by molar-refractivity contribution is 6.30. The summed E-state index contributed by atoms with van der Waals surface area (Å²) in [4.78, 5) is 40.8. The number of nitrogens with one attached hydrogen (secondary N) is 1. The largest absolute Gasteiger partial charge is 0.477 e. The normalized spacial score (nSPS) is 16.8. The summed E-state index contributed by atoms with van der Waals surface area (Å²) in [7, 11) is 0. The number of anilines is 1. The Morgan fingerprint density at radius 1 is 1.20 bits per heavy atom. The number of pyridine rings is 1. The standard InChI is InChI=1S/C17H14ClN3O4/c18-11-2-4-12(5-3-11)21-8-7-13(16(21)23)20-15(22)10-1-6-14(17(24)25)19-9-10/h1-6,9,13H,7-8H2,(H,20,22)(H,24,25)/t13-/m1/s1. The number of carbonyl (C=O) groups is 3. The Morgan fingerprint density at radius 2 is 1.92 bits per heavy atom. The zero-order valence-corrected chi connectivity index (χ0v) is 13.7. The lowest BCUT2D eigenvalue weighted by atomic mass is 10.2. The highest BCUT2D eigenvalue weighted by Crippen LogP contribution is 2.23. The maximum absolute atomic E-state index is 12.5. The third-order valence-corrected chi connectivity index (χ3v) is 4.15. The van der Waals surface area contributed by atoms with Crippen molar-refractivity contribution in [1.82, 2.24) is 10.3 Å². The first-order valence-corrected chi connectivity index (χ1v) is 7.90. The van der Waals surface area contributed by atoms with E-state index < -0.39 is 17.9 Å². The molecule has 0 saturated carbocycles. The van der Waals surface area contributed by atoms with Gasteiger partial charge in [-0.3, -0.25) is 9.59 Å². The van der Waals surface area contributed by atoms with Crippen LogP contribution in [0.5, 0.6) is 0 Å². The number of halogens is 1. The smallest absolute Gasteiger partial charge is 0.354 e. The van der Waals surface area contributed by atoms with Crippen molar-refractivity contribution < 1.29 is 19.5 Å². The second kappa shape index (κ2) is 6.90. The Hall–Kier alpha value is -2.93. The zero-order chi connectivity index (χ0) is 18.0. The lowest BCUT2D eigenvalue weighted by Crippen LogP contribution is -2.41. The summed E-state index contributed by atoms with van der Waals surface area (Å²) in [5.74, 6) is -1.84. The molecule has 1 aromatic heterocycles. The molecule has 7 nitrogen and oxygen atoms in total. The molecular formula is C17H14ClN3O4. The van der Waals surface area contributed by atoms with Crippen LogP contribution in [0.25, 0.3) is 0 Å². The van der Waals surface area contributed by atoms with E-state index in [1.165, 1.54) is 18.3 Å². The van der Waals surface area contributed by atoms with Gasteiger partial charge in [0.05, 0.1) is 5.56 Å². The Labute approximate surface area is 148 Å². The molecule has 0 bridgehead atoms. The van der Waals surface area contributed by atoms with E-state index in [2.05, 4.69) is 10.3 Å². The summed E-state index contributed by atoms with van der Waals surface area (Å²) in [6.45, 7) is 0.488. The van der Waals surface area contributed by atoms with Crippen LogP contribution in [0.3, 0.4) is 0 Å². The van der Waals surface area contributed by atoms with E-state index in [0.29, 0.717) is 18.0 Å². The van der Waals surface area contributed by atoms with Gasteiger partial charge in [0.2, 0.25) is 5.91 Å². The maximum atomic E-state index is 12.5. The summed E-state index contributed by atoms with van der Waals surface area (Å²) in [6, 6.07) is 8.87. The maximum Gasteiger partial charge on any atom is 0.354 e. The van der Waals surface area contributed by atoms with Gasteiger partial charge in [-0.25, -0.2) is 9.78 Å². The lowest BCUT2D eigenvalue weighted by Gasteiger charge is -2.17. The van der Waals surface area contributed by atoms with Crippen LogP contribution in [-0.2, 0) is 4.79 Å². The predicted molar refractivity (Wildman–Crippen MR) is 90.9 cm³/mol. The average Bonchev–Trinajstić information content (AvgIpc) is 2.96. The van der Waals surface area contributed by atoms with Gasteiger partial charge >= 0.3 is 5.97 Å². The van der Waals surface area contributed by atoms with Gasteiger partial charge in [-0.1, -0.05) is 11.6 Å². The molecule has 1 aliphatic heterocycles. The number of nitrogens with zero attached hydrogens (tertiary/aromatic N) is 2. The number of hydrogen-bond acceptors (Lipinski definition) is 4. The van der Waals surface area contributed by atoms with Crippen molar-refractivity contribution in [3.63, 3.8) is 0 Å². The number of aromatic nitrogens is 1. The van der Waals surface area contributed by atoms with E-state index >= 15 is 0 Å². The topological polar surface area (TPSA) is 99.6 Å². The number of hydrogen-bond donors (Lipinski definition) is 2. The Kier molecular flexibility index (Phi) is 4.67. The first-order chi connectivity index (χ1) is 12.0. The summed E-state index contributed by atoms with van der Waals surface area (Å²) in [5, 5.41) is 12.1. The highest BCUT2D eigenvalue weighted by Gasteiger charge is 2.33. The van der Waals surface area contributed by atoms with Gasteiger partial charge in [-0.15, -0.1) is 0 Å². The van der Waals surface area contributed by atoms with E-state index in [0.717, 1.165) is 5.69 Å².